The molecule has 1 atom stereocenters. The van der Waals surface area contributed by atoms with Crippen LogP contribution in [0.1, 0.15) is 57.9 Å². The van der Waals surface area contributed by atoms with E-state index in [4.69, 9.17) is 0 Å². The van der Waals surface area contributed by atoms with Gasteiger partial charge < -0.3 is 21.1 Å². The van der Waals surface area contributed by atoms with Crippen molar-refractivity contribution in [2.75, 3.05) is 19.6 Å². The van der Waals surface area contributed by atoms with Gasteiger partial charge in [0.2, 0.25) is 5.91 Å². The van der Waals surface area contributed by atoms with Crippen LogP contribution in [0.3, 0.4) is 0 Å². The van der Waals surface area contributed by atoms with E-state index in [1.165, 1.54) is 19.3 Å². The normalized spacial score (nSPS) is 17.8. The molecule has 150 valence electrons. The molecule has 6 heteroatoms. The van der Waals surface area contributed by atoms with Crippen molar-refractivity contribution in [1.82, 2.24) is 16.0 Å². The maximum Gasteiger partial charge on any atom is 0.221 e. The molecule has 1 aromatic carbocycles. The highest BCUT2D eigenvalue weighted by Gasteiger charge is 2.22. The van der Waals surface area contributed by atoms with Crippen LogP contribution in [0.4, 0.5) is 0 Å². The molecular formula is C21H34N4O2. The Morgan fingerprint density at radius 2 is 1.89 bits per heavy atom. The molecule has 1 aliphatic rings. The Hall–Kier alpha value is -2.08. The van der Waals surface area contributed by atoms with E-state index in [-0.39, 0.29) is 12.5 Å². The van der Waals surface area contributed by atoms with Gasteiger partial charge in [-0.15, -0.1) is 0 Å². The molecule has 1 aromatic rings. The lowest BCUT2D eigenvalue weighted by molar-refractivity contribution is -0.121. The van der Waals surface area contributed by atoms with Crippen LogP contribution in [0, 0.1) is 0 Å². The fraction of sp³-hybridized carbons (Fsp3) is 0.619. The highest BCUT2D eigenvalue weighted by molar-refractivity contribution is 5.81. The molecule has 1 saturated carbocycles. The average Bonchev–Trinajstić information content (AvgIpc) is 2.67. The number of aliphatic imine (C=N–C) groups is 1. The Morgan fingerprint density at radius 3 is 2.56 bits per heavy atom. The van der Waals surface area contributed by atoms with E-state index < -0.39 is 5.60 Å². The number of guanidine groups is 1. The van der Waals surface area contributed by atoms with E-state index in [9.17, 15) is 9.90 Å². The molecule has 0 aliphatic heterocycles. The summed E-state index contributed by atoms with van der Waals surface area (Å²) in [6, 6.07) is 9.86. The van der Waals surface area contributed by atoms with Crippen molar-refractivity contribution < 1.29 is 9.90 Å². The van der Waals surface area contributed by atoms with Crippen molar-refractivity contribution >= 4 is 11.9 Å². The zero-order chi connectivity index (χ0) is 19.5. The van der Waals surface area contributed by atoms with Gasteiger partial charge in [-0.05, 0) is 32.3 Å². The van der Waals surface area contributed by atoms with Crippen molar-refractivity contribution in [3.63, 3.8) is 0 Å². The molecule has 0 aromatic heterocycles. The highest BCUT2D eigenvalue weighted by atomic mass is 16.3. The molecule has 1 fully saturated rings. The molecule has 4 N–H and O–H groups in total. The van der Waals surface area contributed by atoms with E-state index in [2.05, 4.69) is 20.9 Å². The number of carbonyl (C=O) groups excluding carboxylic acids is 1. The molecular weight excluding hydrogens is 340 g/mol. The van der Waals surface area contributed by atoms with Gasteiger partial charge in [0.25, 0.3) is 0 Å². The minimum atomic E-state index is -1.04. The molecule has 0 radical (unpaired) electrons. The average molecular weight is 375 g/mol. The molecule has 1 amide bonds. The second-order valence-corrected chi connectivity index (χ2v) is 7.41. The predicted octanol–water partition coefficient (Wildman–Crippen LogP) is 2.29. The minimum absolute atomic E-state index is 0.0848. The largest absolute Gasteiger partial charge is 0.384 e. The van der Waals surface area contributed by atoms with Gasteiger partial charge in [-0.1, -0.05) is 49.6 Å². The van der Waals surface area contributed by atoms with Gasteiger partial charge in [-0.3, -0.25) is 4.79 Å². The first-order valence-electron chi connectivity index (χ1n) is 10.1. The fourth-order valence-corrected chi connectivity index (χ4v) is 3.30. The highest BCUT2D eigenvalue weighted by Crippen LogP contribution is 2.20. The zero-order valence-corrected chi connectivity index (χ0v) is 16.6. The van der Waals surface area contributed by atoms with Crippen molar-refractivity contribution in [2.24, 2.45) is 4.99 Å². The van der Waals surface area contributed by atoms with Crippen molar-refractivity contribution in [3.8, 4) is 0 Å². The van der Waals surface area contributed by atoms with E-state index in [1.54, 1.807) is 6.92 Å². The molecule has 0 spiro atoms. The summed E-state index contributed by atoms with van der Waals surface area (Å²) < 4.78 is 0. The van der Waals surface area contributed by atoms with Crippen LogP contribution in [0.5, 0.6) is 0 Å². The quantitative estimate of drug-likeness (QED) is 0.415. The Labute approximate surface area is 162 Å². The van der Waals surface area contributed by atoms with Gasteiger partial charge in [-0.25, -0.2) is 4.99 Å². The van der Waals surface area contributed by atoms with E-state index in [0.717, 1.165) is 18.4 Å². The van der Waals surface area contributed by atoms with Gasteiger partial charge in [-0.2, -0.15) is 0 Å². The van der Waals surface area contributed by atoms with Crippen molar-refractivity contribution in [1.29, 1.82) is 0 Å². The number of aliphatic hydroxyl groups is 1. The third-order valence-electron chi connectivity index (χ3n) is 4.90. The van der Waals surface area contributed by atoms with Gasteiger partial charge in [0.05, 0.1) is 6.54 Å². The molecule has 6 nitrogen and oxygen atoms in total. The monoisotopic (exact) mass is 374 g/mol. The molecule has 27 heavy (non-hydrogen) atoms. The summed E-state index contributed by atoms with van der Waals surface area (Å²) in [5.41, 5.74) is -0.210. The van der Waals surface area contributed by atoms with Gasteiger partial charge in [0.1, 0.15) is 5.60 Å². The molecule has 1 unspecified atom stereocenters. The number of rotatable bonds is 8. The van der Waals surface area contributed by atoms with E-state index >= 15 is 0 Å². The number of benzene rings is 1. The number of amides is 1. The summed E-state index contributed by atoms with van der Waals surface area (Å²) in [6.07, 6.45) is 6.30. The van der Waals surface area contributed by atoms with Crippen LogP contribution in [-0.4, -0.2) is 42.6 Å². The maximum atomic E-state index is 12.1. The molecule has 0 saturated heterocycles. The Morgan fingerprint density at radius 1 is 1.19 bits per heavy atom. The summed E-state index contributed by atoms with van der Waals surface area (Å²) in [4.78, 5) is 16.6. The minimum Gasteiger partial charge on any atom is -0.384 e. The Bertz CT molecular complexity index is 595. The third kappa shape index (κ3) is 7.59. The summed E-state index contributed by atoms with van der Waals surface area (Å²) in [7, 11) is 0. The lowest BCUT2D eigenvalue weighted by atomic mass is 9.95. The molecule has 0 heterocycles. The van der Waals surface area contributed by atoms with Crippen LogP contribution in [0.15, 0.2) is 35.3 Å². The zero-order valence-electron chi connectivity index (χ0n) is 16.6. The van der Waals surface area contributed by atoms with Crippen LogP contribution in [0.2, 0.25) is 0 Å². The number of nitrogens with one attached hydrogen (secondary N) is 3. The second kappa shape index (κ2) is 10.9. The first kappa shape index (κ1) is 21.2. The van der Waals surface area contributed by atoms with Crippen LogP contribution < -0.4 is 16.0 Å². The summed E-state index contributed by atoms with van der Waals surface area (Å²) in [6.45, 7) is 5.21. The number of nitrogens with zero attached hydrogens (tertiary/aromatic N) is 1. The topological polar surface area (TPSA) is 85.8 Å². The fourth-order valence-electron chi connectivity index (χ4n) is 3.30. The maximum absolute atomic E-state index is 12.1. The Kier molecular flexibility index (Phi) is 8.58. The lowest BCUT2D eigenvalue weighted by Crippen LogP contribution is -2.42. The molecule has 0 bridgehead atoms. The van der Waals surface area contributed by atoms with Crippen LogP contribution in [0.25, 0.3) is 0 Å². The third-order valence-corrected chi connectivity index (χ3v) is 4.90. The Balaban J connectivity index is 1.80. The van der Waals surface area contributed by atoms with Crippen LogP contribution in [-0.2, 0) is 10.4 Å². The molecule has 1 aliphatic carbocycles. The van der Waals surface area contributed by atoms with Gasteiger partial charge >= 0.3 is 0 Å². The van der Waals surface area contributed by atoms with Gasteiger partial charge in [0, 0.05) is 25.6 Å². The lowest BCUT2D eigenvalue weighted by Gasteiger charge is -2.23. The summed E-state index contributed by atoms with van der Waals surface area (Å²) in [5.74, 6) is 0.695. The smallest absolute Gasteiger partial charge is 0.221 e. The van der Waals surface area contributed by atoms with Crippen molar-refractivity contribution in [2.45, 2.75) is 64.0 Å². The summed E-state index contributed by atoms with van der Waals surface area (Å²) in [5, 5.41) is 20.1. The predicted molar refractivity (Wildman–Crippen MR) is 110 cm³/mol. The first-order valence-corrected chi connectivity index (χ1v) is 10.1. The second-order valence-electron chi connectivity index (χ2n) is 7.41. The number of hydrogen-bond donors (Lipinski definition) is 4. The standard InChI is InChI=1S/C21H34N4O2/c1-3-22-20(24-16-21(2,27)17-10-6-4-7-11-17)23-15-14-19(26)25-18-12-8-5-9-13-18/h4,6-7,10-11,18,27H,3,5,8-9,12-16H2,1-2H3,(H,25,26)(H2,22,23,24). The molecule has 2 rings (SSSR count). The van der Waals surface area contributed by atoms with Gasteiger partial charge in [0.15, 0.2) is 5.96 Å². The number of hydrogen-bond acceptors (Lipinski definition) is 3. The van der Waals surface area contributed by atoms with Crippen molar-refractivity contribution in [3.05, 3.63) is 35.9 Å². The van der Waals surface area contributed by atoms with E-state index in [0.29, 0.717) is 31.5 Å². The summed E-state index contributed by atoms with van der Waals surface area (Å²) >= 11 is 0. The SMILES string of the molecule is CCNC(=NCC(C)(O)c1ccccc1)NCCC(=O)NC1CCCCC1. The van der Waals surface area contributed by atoms with E-state index in [1.807, 2.05) is 37.3 Å². The first-order chi connectivity index (χ1) is 13.0. The number of carbonyl (C=O) groups is 1. The van der Waals surface area contributed by atoms with Crippen LogP contribution >= 0.6 is 0 Å².